The Morgan fingerprint density at radius 1 is 1.17 bits per heavy atom. The normalized spacial score (nSPS) is 11.4. The Morgan fingerprint density at radius 3 is 2.54 bits per heavy atom. The highest BCUT2D eigenvalue weighted by molar-refractivity contribution is 7.98. The van der Waals surface area contributed by atoms with Gasteiger partial charge in [0, 0.05) is 11.2 Å². The third kappa shape index (κ3) is 3.40. The molecular formula is C15H13ClN4O2S2. The molecule has 3 rings (SSSR count). The van der Waals surface area contributed by atoms with Gasteiger partial charge < -0.3 is 0 Å². The molecule has 6 nitrogen and oxygen atoms in total. The lowest BCUT2D eigenvalue weighted by molar-refractivity contribution is 0.601. The van der Waals surface area contributed by atoms with Gasteiger partial charge in [0.15, 0.2) is 0 Å². The molecular weight excluding hydrogens is 368 g/mol. The van der Waals surface area contributed by atoms with Gasteiger partial charge >= 0.3 is 0 Å². The van der Waals surface area contributed by atoms with Crippen LogP contribution in [-0.2, 0) is 10.0 Å². The molecule has 0 aliphatic heterocycles. The van der Waals surface area contributed by atoms with Crippen LogP contribution in [-0.4, -0.2) is 29.9 Å². The zero-order chi connectivity index (χ0) is 17.2. The van der Waals surface area contributed by atoms with Gasteiger partial charge in [0.2, 0.25) is 0 Å². The molecule has 0 saturated carbocycles. The van der Waals surface area contributed by atoms with Crippen LogP contribution in [0, 0.1) is 0 Å². The lowest BCUT2D eigenvalue weighted by atomic mass is 10.2. The van der Waals surface area contributed by atoms with Crippen molar-refractivity contribution in [2.75, 3.05) is 11.0 Å². The van der Waals surface area contributed by atoms with E-state index in [9.17, 15) is 8.42 Å². The second-order valence-corrected chi connectivity index (χ2v) is 7.67. The zero-order valence-corrected chi connectivity index (χ0v) is 14.9. The Labute approximate surface area is 148 Å². The molecule has 0 aliphatic carbocycles. The number of aromatic nitrogens is 3. The molecule has 0 aliphatic rings. The molecule has 0 amide bonds. The van der Waals surface area contributed by atoms with Crippen LogP contribution in [0.1, 0.15) is 0 Å². The van der Waals surface area contributed by atoms with Crippen molar-refractivity contribution in [2.45, 2.75) is 9.92 Å². The van der Waals surface area contributed by atoms with E-state index in [0.717, 1.165) is 0 Å². The summed E-state index contributed by atoms with van der Waals surface area (Å²) in [4.78, 5) is 4.39. The smallest absolute Gasteiger partial charge is 0.263 e. The standard InChI is InChI=1S/C15H13ClN4O2S2/c1-23-15-13(12-4-2-3-9-17-12)14(18-19-15)20-24(21,22)11-7-5-10(16)6-8-11/h2-9H,1H3,(H2,18,19,20). The van der Waals surface area contributed by atoms with Crippen molar-refractivity contribution in [3.8, 4) is 11.3 Å². The van der Waals surface area contributed by atoms with Crippen molar-refractivity contribution in [1.82, 2.24) is 15.2 Å². The van der Waals surface area contributed by atoms with Gasteiger partial charge in [0.05, 0.1) is 16.2 Å². The molecule has 0 spiro atoms. The predicted molar refractivity (Wildman–Crippen MR) is 95.9 cm³/mol. The number of hydrogen-bond donors (Lipinski definition) is 2. The van der Waals surface area contributed by atoms with E-state index in [1.54, 1.807) is 18.3 Å². The molecule has 0 unspecified atom stereocenters. The number of nitrogens with zero attached hydrogens (tertiary/aromatic N) is 2. The molecule has 1 aromatic carbocycles. The van der Waals surface area contributed by atoms with Crippen LogP contribution >= 0.6 is 23.4 Å². The number of hydrogen-bond acceptors (Lipinski definition) is 5. The lowest BCUT2D eigenvalue weighted by Gasteiger charge is -2.09. The summed E-state index contributed by atoms with van der Waals surface area (Å²) in [5.41, 5.74) is 1.24. The first kappa shape index (κ1) is 16.8. The molecule has 0 radical (unpaired) electrons. The van der Waals surface area contributed by atoms with Crippen LogP contribution in [0.5, 0.6) is 0 Å². The molecule has 2 aromatic heterocycles. The number of thioether (sulfide) groups is 1. The van der Waals surface area contributed by atoms with E-state index in [-0.39, 0.29) is 10.7 Å². The van der Waals surface area contributed by atoms with E-state index in [0.29, 0.717) is 21.3 Å². The van der Waals surface area contributed by atoms with Gasteiger partial charge in [0.25, 0.3) is 10.0 Å². The summed E-state index contributed by atoms with van der Waals surface area (Å²) in [6, 6.07) is 11.3. The third-order valence-corrected chi connectivity index (χ3v) is 5.51. The number of pyridine rings is 1. The Kier molecular flexibility index (Phi) is 4.79. The number of anilines is 1. The number of benzene rings is 1. The predicted octanol–water partition coefficient (Wildman–Crippen LogP) is 3.65. The topological polar surface area (TPSA) is 87.7 Å². The van der Waals surface area contributed by atoms with Gasteiger partial charge in [-0.2, -0.15) is 5.10 Å². The van der Waals surface area contributed by atoms with Crippen LogP contribution in [0.3, 0.4) is 0 Å². The van der Waals surface area contributed by atoms with Crippen molar-refractivity contribution >= 4 is 39.2 Å². The second-order valence-electron chi connectivity index (χ2n) is 4.76. The molecule has 3 aromatic rings. The summed E-state index contributed by atoms with van der Waals surface area (Å²) in [5.74, 6) is 0.271. The summed E-state index contributed by atoms with van der Waals surface area (Å²) >= 11 is 7.21. The molecule has 9 heteroatoms. The fourth-order valence-corrected chi connectivity index (χ4v) is 3.80. The number of H-pyrrole nitrogens is 1. The van der Waals surface area contributed by atoms with Gasteiger partial charge in [0.1, 0.15) is 10.8 Å². The zero-order valence-electron chi connectivity index (χ0n) is 12.5. The SMILES string of the molecule is CSc1n[nH]c(NS(=O)(=O)c2ccc(Cl)cc2)c1-c1ccccn1. The molecule has 24 heavy (non-hydrogen) atoms. The van der Waals surface area contributed by atoms with Gasteiger partial charge in [-0.25, -0.2) is 8.42 Å². The maximum Gasteiger partial charge on any atom is 0.263 e. The lowest BCUT2D eigenvalue weighted by Crippen LogP contribution is -2.13. The van der Waals surface area contributed by atoms with Crippen LogP contribution < -0.4 is 4.72 Å². The van der Waals surface area contributed by atoms with Crippen molar-refractivity contribution < 1.29 is 8.42 Å². The van der Waals surface area contributed by atoms with E-state index in [4.69, 9.17) is 11.6 Å². The van der Waals surface area contributed by atoms with Crippen LogP contribution in [0.25, 0.3) is 11.3 Å². The number of aromatic amines is 1. The maximum atomic E-state index is 12.6. The first-order valence-electron chi connectivity index (χ1n) is 6.83. The molecule has 2 N–H and O–H groups in total. The third-order valence-electron chi connectivity index (χ3n) is 3.21. The molecule has 2 heterocycles. The fraction of sp³-hybridized carbons (Fsp3) is 0.0667. The fourth-order valence-electron chi connectivity index (χ4n) is 2.10. The van der Waals surface area contributed by atoms with E-state index in [2.05, 4.69) is 19.9 Å². The van der Waals surface area contributed by atoms with Gasteiger partial charge in [-0.15, -0.1) is 11.8 Å². The molecule has 124 valence electrons. The Balaban J connectivity index is 2.02. The van der Waals surface area contributed by atoms with E-state index < -0.39 is 10.0 Å². The first-order valence-corrected chi connectivity index (χ1v) is 9.92. The Morgan fingerprint density at radius 2 is 1.92 bits per heavy atom. The Hall–Kier alpha value is -2.03. The van der Waals surface area contributed by atoms with Crippen molar-refractivity contribution in [3.63, 3.8) is 0 Å². The highest BCUT2D eigenvalue weighted by atomic mass is 35.5. The summed E-state index contributed by atoms with van der Waals surface area (Å²) < 4.78 is 27.7. The van der Waals surface area contributed by atoms with Crippen molar-refractivity contribution in [3.05, 3.63) is 53.7 Å². The quantitative estimate of drug-likeness (QED) is 0.659. The minimum absolute atomic E-state index is 0.110. The summed E-state index contributed by atoms with van der Waals surface area (Å²) in [7, 11) is -3.77. The highest BCUT2D eigenvalue weighted by Crippen LogP contribution is 2.34. The minimum Gasteiger partial charge on any atom is -0.263 e. The Bertz CT molecular complexity index is 941. The van der Waals surface area contributed by atoms with Crippen molar-refractivity contribution in [2.24, 2.45) is 0 Å². The average molecular weight is 381 g/mol. The van der Waals surface area contributed by atoms with E-state index in [1.807, 2.05) is 12.3 Å². The van der Waals surface area contributed by atoms with Gasteiger partial charge in [-0.3, -0.25) is 14.8 Å². The van der Waals surface area contributed by atoms with Crippen LogP contribution in [0.4, 0.5) is 5.82 Å². The number of sulfonamides is 1. The molecule has 0 saturated heterocycles. The largest absolute Gasteiger partial charge is 0.263 e. The number of nitrogens with one attached hydrogen (secondary N) is 2. The van der Waals surface area contributed by atoms with Crippen LogP contribution in [0.2, 0.25) is 5.02 Å². The molecule has 0 fully saturated rings. The minimum atomic E-state index is -3.77. The summed E-state index contributed by atoms with van der Waals surface area (Å²) in [6.07, 6.45) is 3.50. The maximum absolute atomic E-state index is 12.6. The van der Waals surface area contributed by atoms with Crippen molar-refractivity contribution in [1.29, 1.82) is 0 Å². The van der Waals surface area contributed by atoms with Gasteiger partial charge in [-0.1, -0.05) is 17.7 Å². The van der Waals surface area contributed by atoms with Gasteiger partial charge in [-0.05, 0) is 42.7 Å². The highest BCUT2D eigenvalue weighted by Gasteiger charge is 2.21. The number of halogens is 1. The number of rotatable bonds is 5. The molecule has 0 bridgehead atoms. The van der Waals surface area contributed by atoms with Crippen LogP contribution in [0.15, 0.2) is 58.6 Å². The average Bonchev–Trinajstić information content (AvgIpc) is 2.98. The van der Waals surface area contributed by atoms with E-state index in [1.165, 1.54) is 36.0 Å². The monoisotopic (exact) mass is 380 g/mol. The van der Waals surface area contributed by atoms with E-state index >= 15 is 0 Å². The summed E-state index contributed by atoms with van der Waals surface area (Å²) in [6.45, 7) is 0. The summed E-state index contributed by atoms with van der Waals surface area (Å²) in [5, 5.41) is 8.01. The first-order chi connectivity index (χ1) is 11.5. The molecule has 0 atom stereocenters. The second kappa shape index (κ2) is 6.84.